The fourth-order valence-corrected chi connectivity index (χ4v) is 3.27. The fourth-order valence-electron chi connectivity index (χ4n) is 3.27. The molecule has 1 unspecified atom stereocenters. The standard InChI is InChI=1S/C20H21N3O4/c1-20(27-11-10-26-9-8-24)12-19(25)16-14-22-7-6-18(16)23(20)17-5-3-2-4-15(17)13-21/h2-7,14,24H,8-12H2,1H3. The van der Waals surface area contributed by atoms with Gasteiger partial charge in [-0.25, -0.2) is 0 Å². The van der Waals surface area contributed by atoms with Crippen LogP contribution in [0.25, 0.3) is 0 Å². The van der Waals surface area contributed by atoms with Crippen molar-refractivity contribution in [2.45, 2.75) is 19.1 Å². The zero-order chi connectivity index (χ0) is 19.3. The number of benzene rings is 1. The van der Waals surface area contributed by atoms with E-state index < -0.39 is 5.72 Å². The number of aliphatic hydroxyl groups excluding tert-OH is 1. The molecule has 1 aliphatic heterocycles. The third kappa shape index (κ3) is 3.83. The molecule has 0 bridgehead atoms. The summed E-state index contributed by atoms with van der Waals surface area (Å²) < 4.78 is 11.3. The largest absolute Gasteiger partial charge is 0.394 e. The maximum absolute atomic E-state index is 12.7. The van der Waals surface area contributed by atoms with Gasteiger partial charge in [0.05, 0.1) is 55.4 Å². The third-order valence-electron chi connectivity index (χ3n) is 4.44. The van der Waals surface area contributed by atoms with Crippen LogP contribution in [0.5, 0.6) is 0 Å². The highest BCUT2D eigenvalue weighted by atomic mass is 16.5. The van der Waals surface area contributed by atoms with E-state index in [9.17, 15) is 10.1 Å². The summed E-state index contributed by atoms with van der Waals surface area (Å²) in [4.78, 5) is 18.6. The van der Waals surface area contributed by atoms with Gasteiger partial charge in [0.1, 0.15) is 11.8 Å². The molecule has 0 radical (unpaired) electrons. The number of ketones is 1. The van der Waals surface area contributed by atoms with Crippen LogP contribution in [0.2, 0.25) is 0 Å². The van der Waals surface area contributed by atoms with E-state index in [1.54, 1.807) is 30.6 Å². The fraction of sp³-hybridized carbons (Fsp3) is 0.350. The molecule has 0 aliphatic carbocycles. The Kier molecular flexibility index (Phi) is 5.81. The molecule has 27 heavy (non-hydrogen) atoms. The van der Waals surface area contributed by atoms with Gasteiger partial charge in [-0.2, -0.15) is 5.26 Å². The number of nitriles is 1. The van der Waals surface area contributed by atoms with Gasteiger partial charge in [-0.1, -0.05) is 12.1 Å². The lowest BCUT2D eigenvalue weighted by Crippen LogP contribution is -2.51. The van der Waals surface area contributed by atoms with Crippen molar-refractivity contribution < 1.29 is 19.4 Å². The Morgan fingerprint density at radius 2 is 2.07 bits per heavy atom. The number of anilines is 2. The van der Waals surface area contributed by atoms with E-state index in [1.807, 2.05) is 24.0 Å². The van der Waals surface area contributed by atoms with Gasteiger partial charge < -0.3 is 19.5 Å². The first-order valence-electron chi connectivity index (χ1n) is 8.70. The molecule has 140 valence electrons. The number of Topliss-reactive ketones (excluding diaryl/α,β-unsaturated/α-hetero) is 1. The second kappa shape index (κ2) is 8.27. The van der Waals surface area contributed by atoms with Crippen molar-refractivity contribution >= 4 is 17.2 Å². The minimum atomic E-state index is -0.985. The molecule has 0 amide bonds. The Labute approximate surface area is 157 Å². The van der Waals surface area contributed by atoms with Gasteiger partial charge >= 0.3 is 0 Å². The maximum Gasteiger partial charge on any atom is 0.171 e. The number of hydrogen-bond donors (Lipinski definition) is 1. The summed E-state index contributed by atoms with van der Waals surface area (Å²) in [5, 5.41) is 18.4. The van der Waals surface area contributed by atoms with Gasteiger partial charge in [0.25, 0.3) is 0 Å². The lowest BCUT2D eigenvalue weighted by Gasteiger charge is -2.46. The van der Waals surface area contributed by atoms with Gasteiger partial charge in [-0.3, -0.25) is 9.78 Å². The second-order valence-corrected chi connectivity index (χ2v) is 6.32. The molecule has 1 aromatic carbocycles. The number of aliphatic hydroxyl groups is 1. The lowest BCUT2D eigenvalue weighted by atomic mass is 9.92. The van der Waals surface area contributed by atoms with Crippen molar-refractivity contribution in [3.05, 3.63) is 53.9 Å². The van der Waals surface area contributed by atoms with Crippen LogP contribution in [-0.4, -0.2) is 48.0 Å². The van der Waals surface area contributed by atoms with E-state index >= 15 is 0 Å². The molecule has 2 heterocycles. The number of para-hydroxylation sites is 1. The van der Waals surface area contributed by atoms with Crippen molar-refractivity contribution in [3.8, 4) is 6.07 Å². The normalized spacial score (nSPS) is 18.9. The number of pyridine rings is 1. The quantitative estimate of drug-likeness (QED) is 0.751. The molecule has 0 saturated heterocycles. The molecule has 1 aliphatic rings. The van der Waals surface area contributed by atoms with Crippen molar-refractivity contribution in [2.75, 3.05) is 31.3 Å². The molecular weight excluding hydrogens is 346 g/mol. The number of fused-ring (bicyclic) bond motifs is 1. The number of ether oxygens (including phenoxy) is 2. The van der Waals surface area contributed by atoms with Crippen molar-refractivity contribution in [1.82, 2.24) is 4.98 Å². The summed E-state index contributed by atoms with van der Waals surface area (Å²) in [6.45, 7) is 2.54. The number of rotatable bonds is 7. The topological polar surface area (TPSA) is 95.7 Å². The van der Waals surface area contributed by atoms with Gasteiger partial charge in [0.15, 0.2) is 5.78 Å². The molecule has 0 fully saturated rings. The summed E-state index contributed by atoms with van der Waals surface area (Å²) in [5.74, 6) is -0.0671. The van der Waals surface area contributed by atoms with Crippen LogP contribution in [0.3, 0.4) is 0 Å². The van der Waals surface area contributed by atoms with Crippen LogP contribution in [-0.2, 0) is 9.47 Å². The van der Waals surface area contributed by atoms with Crippen LogP contribution >= 0.6 is 0 Å². The monoisotopic (exact) mass is 367 g/mol. The van der Waals surface area contributed by atoms with E-state index in [1.165, 1.54) is 0 Å². The SMILES string of the molecule is CC1(OCCOCCO)CC(=O)c2cnccc2N1c1ccccc1C#N. The summed E-state index contributed by atoms with van der Waals surface area (Å²) in [5.41, 5.74) is 1.33. The van der Waals surface area contributed by atoms with E-state index in [0.717, 1.165) is 0 Å². The Bertz CT molecular complexity index is 864. The highest BCUT2D eigenvalue weighted by molar-refractivity contribution is 6.05. The second-order valence-electron chi connectivity index (χ2n) is 6.32. The Hall–Kier alpha value is -2.79. The van der Waals surface area contributed by atoms with E-state index in [4.69, 9.17) is 14.6 Å². The van der Waals surface area contributed by atoms with Gasteiger partial charge in [-0.15, -0.1) is 0 Å². The first kappa shape index (κ1) is 19.0. The Morgan fingerprint density at radius 3 is 2.85 bits per heavy atom. The summed E-state index contributed by atoms with van der Waals surface area (Å²) in [7, 11) is 0. The summed E-state index contributed by atoms with van der Waals surface area (Å²) >= 11 is 0. The smallest absolute Gasteiger partial charge is 0.171 e. The van der Waals surface area contributed by atoms with Gasteiger partial charge in [-0.05, 0) is 25.1 Å². The van der Waals surface area contributed by atoms with E-state index in [2.05, 4.69) is 11.1 Å². The molecule has 1 atom stereocenters. The first-order chi connectivity index (χ1) is 13.1. The third-order valence-corrected chi connectivity index (χ3v) is 4.44. The van der Waals surface area contributed by atoms with Crippen molar-refractivity contribution in [3.63, 3.8) is 0 Å². The van der Waals surface area contributed by atoms with Crippen molar-refractivity contribution in [1.29, 1.82) is 5.26 Å². The Morgan fingerprint density at radius 1 is 1.26 bits per heavy atom. The molecular formula is C20H21N3O4. The number of nitrogens with zero attached hydrogens (tertiary/aromatic N) is 3. The summed E-state index contributed by atoms with van der Waals surface area (Å²) in [6.07, 6.45) is 3.28. The molecule has 7 nitrogen and oxygen atoms in total. The average Bonchev–Trinajstić information content (AvgIpc) is 2.68. The molecule has 1 aromatic heterocycles. The molecule has 2 aromatic rings. The summed E-state index contributed by atoms with van der Waals surface area (Å²) in [6, 6.07) is 11.2. The average molecular weight is 367 g/mol. The number of hydrogen-bond acceptors (Lipinski definition) is 7. The van der Waals surface area contributed by atoms with E-state index in [-0.39, 0.29) is 32.0 Å². The highest BCUT2D eigenvalue weighted by Gasteiger charge is 2.43. The predicted octanol–water partition coefficient (Wildman–Crippen LogP) is 2.42. The lowest BCUT2D eigenvalue weighted by molar-refractivity contribution is -0.0566. The van der Waals surface area contributed by atoms with Crippen LogP contribution in [0, 0.1) is 11.3 Å². The van der Waals surface area contributed by atoms with Crippen LogP contribution in [0.1, 0.15) is 29.3 Å². The molecule has 0 spiro atoms. The van der Waals surface area contributed by atoms with Crippen LogP contribution < -0.4 is 4.90 Å². The zero-order valence-electron chi connectivity index (χ0n) is 15.1. The number of carbonyl (C=O) groups excluding carboxylic acids is 1. The minimum Gasteiger partial charge on any atom is -0.394 e. The molecule has 3 rings (SSSR count). The number of carbonyl (C=O) groups is 1. The minimum absolute atomic E-state index is 0.0577. The van der Waals surface area contributed by atoms with Crippen LogP contribution in [0.15, 0.2) is 42.7 Å². The van der Waals surface area contributed by atoms with Crippen molar-refractivity contribution in [2.24, 2.45) is 0 Å². The highest BCUT2D eigenvalue weighted by Crippen LogP contribution is 2.43. The Balaban J connectivity index is 2.01. The molecule has 1 N–H and O–H groups in total. The number of aromatic nitrogens is 1. The van der Waals surface area contributed by atoms with Gasteiger partial charge in [0, 0.05) is 12.4 Å². The zero-order valence-corrected chi connectivity index (χ0v) is 15.1. The molecule has 0 saturated carbocycles. The van der Waals surface area contributed by atoms with E-state index in [0.29, 0.717) is 29.1 Å². The maximum atomic E-state index is 12.7. The molecule has 7 heteroatoms. The van der Waals surface area contributed by atoms with Gasteiger partial charge in [0.2, 0.25) is 0 Å². The first-order valence-corrected chi connectivity index (χ1v) is 8.70. The predicted molar refractivity (Wildman–Crippen MR) is 98.7 cm³/mol. The van der Waals surface area contributed by atoms with Crippen LogP contribution in [0.4, 0.5) is 11.4 Å².